The summed E-state index contributed by atoms with van der Waals surface area (Å²) in [6.45, 7) is 3.35. The summed E-state index contributed by atoms with van der Waals surface area (Å²) in [5.74, 6) is -0.726. The van der Waals surface area contributed by atoms with Gasteiger partial charge in [0.2, 0.25) is 5.91 Å². The number of aliphatic hydroxyl groups excluding tert-OH is 7. The molecule has 9 unspecified atom stereocenters. The molecule has 8 N–H and O–H groups in total. The summed E-state index contributed by atoms with van der Waals surface area (Å²) in [7, 11) is 0. The highest BCUT2D eigenvalue weighted by atomic mass is 16.7. The van der Waals surface area contributed by atoms with Gasteiger partial charge in [0.1, 0.15) is 36.6 Å². The van der Waals surface area contributed by atoms with Crippen LogP contribution in [0.1, 0.15) is 168 Å². The summed E-state index contributed by atoms with van der Waals surface area (Å²) >= 11 is 0. The van der Waals surface area contributed by atoms with Crippen molar-refractivity contribution in [1.29, 1.82) is 0 Å². The second-order valence-corrected chi connectivity index (χ2v) is 15.7. The van der Waals surface area contributed by atoms with Crippen molar-refractivity contribution >= 4 is 5.91 Å². The average Bonchev–Trinajstić information content (AvgIpc) is 3.21. The summed E-state index contributed by atoms with van der Waals surface area (Å²) in [5, 5.41) is 75.4. The first-order chi connectivity index (χ1) is 27.7. The fraction of sp³-hybridized carbons (Fsp3) is 0.804. The Bertz CT molecular complexity index is 1070. The largest absolute Gasteiger partial charge is 0.394 e. The van der Waals surface area contributed by atoms with Crippen molar-refractivity contribution in [3.05, 3.63) is 48.6 Å². The highest BCUT2D eigenvalue weighted by molar-refractivity contribution is 5.80. The number of rotatable bonds is 36. The summed E-state index contributed by atoms with van der Waals surface area (Å²) < 4.78 is 11.0. The van der Waals surface area contributed by atoms with Crippen LogP contribution in [-0.4, -0.2) is 110 Å². The van der Waals surface area contributed by atoms with Gasteiger partial charge in [-0.15, -0.1) is 0 Å². The normalized spacial score (nSPS) is 22.6. The molecule has 1 rings (SSSR count). The Morgan fingerprint density at radius 1 is 0.596 bits per heavy atom. The molecule has 0 saturated carbocycles. The fourth-order valence-electron chi connectivity index (χ4n) is 6.76. The standard InChI is InChI=1S/C46H83NO10/c1-3-5-7-9-11-13-15-16-17-18-19-20-21-22-24-25-27-29-31-33-38(49)41(51)37(36-56-46-44(54)43(53)42(52)40(35-48)57-46)47-45(55)39(50)34-32-30-28-26-23-14-12-10-8-6-4-2/h12,14,16-17,20-21,25,27,37-44,46,48-54H,3-11,13,15,18-19,22-24,26,28-36H2,1-2H3,(H,47,55)/b14-12-,17-16+,21-20+,27-25+. The fourth-order valence-corrected chi connectivity index (χ4v) is 6.76. The Balaban J connectivity index is 2.52. The minimum Gasteiger partial charge on any atom is -0.394 e. The number of hydrogen-bond acceptors (Lipinski definition) is 10. The van der Waals surface area contributed by atoms with Gasteiger partial charge < -0.3 is 50.5 Å². The molecule has 0 radical (unpaired) electrons. The lowest BCUT2D eigenvalue weighted by Crippen LogP contribution is -2.60. The summed E-state index contributed by atoms with van der Waals surface area (Å²) in [4.78, 5) is 13.0. The zero-order valence-electron chi connectivity index (χ0n) is 35.6. The predicted octanol–water partition coefficient (Wildman–Crippen LogP) is 7.00. The maximum absolute atomic E-state index is 13.0. The second kappa shape index (κ2) is 36.0. The smallest absolute Gasteiger partial charge is 0.249 e. The van der Waals surface area contributed by atoms with Crippen LogP contribution in [-0.2, 0) is 14.3 Å². The van der Waals surface area contributed by atoms with Gasteiger partial charge >= 0.3 is 0 Å². The first kappa shape index (κ1) is 53.1. The lowest BCUT2D eigenvalue weighted by Gasteiger charge is -2.40. The summed E-state index contributed by atoms with van der Waals surface area (Å²) in [5.41, 5.74) is 0. The lowest BCUT2D eigenvalue weighted by atomic mass is 9.98. The van der Waals surface area contributed by atoms with Gasteiger partial charge in [-0.25, -0.2) is 0 Å². The minimum absolute atomic E-state index is 0.233. The molecule has 1 amide bonds. The van der Waals surface area contributed by atoms with Gasteiger partial charge in [-0.2, -0.15) is 0 Å². The van der Waals surface area contributed by atoms with Crippen LogP contribution < -0.4 is 5.32 Å². The van der Waals surface area contributed by atoms with Crippen molar-refractivity contribution in [2.24, 2.45) is 0 Å². The van der Waals surface area contributed by atoms with Gasteiger partial charge in [0.15, 0.2) is 6.29 Å². The number of aliphatic hydroxyl groups is 7. The monoisotopic (exact) mass is 810 g/mol. The highest BCUT2D eigenvalue weighted by Gasteiger charge is 2.44. The van der Waals surface area contributed by atoms with E-state index in [0.29, 0.717) is 19.3 Å². The minimum atomic E-state index is -1.67. The van der Waals surface area contributed by atoms with Gasteiger partial charge in [-0.3, -0.25) is 4.79 Å². The van der Waals surface area contributed by atoms with Crippen LogP contribution in [0.4, 0.5) is 0 Å². The molecule has 332 valence electrons. The third-order valence-electron chi connectivity index (χ3n) is 10.6. The molecule has 1 saturated heterocycles. The zero-order chi connectivity index (χ0) is 41.9. The number of carbonyl (C=O) groups excluding carboxylic acids is 1. The van der Waals surface area contributed by atoms with E-state index in [1.165, 1.54) is 64.2 Å². The van der Waals surface area contributed by atoms with Gasteiger partial charge in [0.05, 0.1) is 25.4 Å². The molecule has 1 fully saturated rings. The van der Waals surface area contributed by atoms with E-state index >= 15 is 0 Å². The summed E-state index contributed by atoms with van der Waals surface area (Å²) in [6.07, 6.45) is 30.2. The molecular weight excluding hydrogens is 727 g/mol. The maximum atomic E-state index is 13.0. The number of allylic oxidation sites excluding steroid dienone is 8. The van der Waals surface area contributed by atoms with Gasteiger partial charge in [-0.1, -0.05) is 127 Å². The number of amides is 1. The van der Waals surface area contributed by atoms with Crippen LogP contribution in [0.3, 0.4) is 0 Å². The Hall–Kier alpha value is -1.93. The molecule has 11 nitrogen and oxygen atoms in total. The van der Waals surface area contributed by atoms with Gasteiger partial charge in [0.25, 0.3) is 0 Å². The molecule has 1 aliphatic heterocycles. The van der Waals surface area contributed by atoms with Crippen LogP contribution in [0.5, 0.6) is 0 Å². The predicted molar refractivity (Wildman–Crippen MR) is 228 cm³/mol. The maximum Gasteiger partial charge on any atom is 0.249 e. The van der Waals surface area contributed by atoms with E-state index in [-0.39, 0.29) is 12.8 Å². The van der Waals surface area contributed by atoms with E-state index in [1.54, 1.807) is 0 Å². The molecule has 57 heavy (non-hydrogen) atoms. The van der Waals surface area contributed by atoms with Crippen LogP contribution in [0.2, 0.25) is 0 Å². The van der Waals surface area contributed by atoms with E-state index in [0.717, 1.165) is 57.8 Å². The van der Waals surface area contributed by atoms with E-state index in [4.69, 9.17) is 9.47 Å². The van der Waals surface area contributed by atoms with Crippen molar-refractivity contribution in [2.45, 2.75) is 223 Å². The van der Waals surface area contributed by atoms with Crippen molar-refractivity contribution in [2.75, 3.05) is 13.2 Å². The van der Waals surface area contributed by atoms with Crippen LogP contribution >= 0.6 is 0 Å². The number of ether oxygens (including phenoxy) is 2. The molecule has 0 aromatic heterocycles. The average molecular weight is 810 g/mol. The molecule has 11 heteroatoms. The molecular formula is C46H83NO10. The van der Waals surface area contributed by atoms with Crippen molar-refractivity contribution < 1.29 is 50.0 Å². The Labute approximate surface area is 345 Å². The Morgan fingerprint density at radius 3 is 1.60 bits per heavy atom. The molecule has 9 atom stereocenters. The topological polar surface area (TPSA) is 189 Å². The third kappa shape index (κ3) is 26.0. The van der Waals surface area contributed by atoms with Crippen LogP contribution in [0.15, 0.2) is 48.6 Å². The van der Waals surface area contributed by atoms with E-state index in [2.05, 4.69) is 67.8 Å². The van der Waals surface area contributed by atoms with Crippen molar-refractivity contribution in [3.63, 3.8) is 0 Å². The van der Waals surface area contributed by atoms with Crippen LogP contribution in [0.25, 0.3) is 0 Å². The molecule has 0 bridgehead atoms. The van der Waals surface area contributed by atoms with Gasteiger partial charge in [-0.05, 0) is 89.9 Å². The van der Waals surface area contributed by atoms with E-state index in [1.807, 2.05) is 0 Å². The van der Waals surface area contributed by atoms with Gasteiger partial charge in [0, 0.05) is 0 Å². The first-order valence-corrected chi connectivity index (χ1v) is 22.5. The number of unbranched alkanes of at least 4 members (excludes halogenated alkanes) is 16. The Kier molecular flexibility index (Phi) is 33.5. The highest BCUT2D eigenvalue weighted by Crippen LogP contribution is 2.23. The zero-order valence-corrected chi connectivity index (χ0v) is 35.6. The summed E-state index contributed by atoms with van der Waals surface area (Å²) in [6, 6.07) is -1.20. The Morgan fingerprint density at radius 2 is 1.05 bits per heavy atom. The van der Waals surface area contributed by atoms with E-state index in [9.17, 15) is 40.5 Å². The number of nitrogens with one attached hydrogen (secondary N) is 1. The quantitative estimate of drug-likeness (QED) is 0.0242. The molecule has 0 aromatic carbocycles. The SMILES string of the molecule is CCCCC/C=C\CCCCCCC(O)C(=O)NC(COC1OC(CO)C(O)C(O)C1O)C(O)C(O)CCC/C=C/CC/C=C/CC/C=C/CCCCCCCC. The number of carbonyl (C=O) groups is 1. The number of hydrogen-bond donors (Lipinski definition) is 8. The van der Waals surface area contributed by atoms with E-state index < -0.39 is 74.2 Å². The lowest BCUT2D eigenvalue weighted by molar-refractivity contribution is -0.303. The molecule has 1 heterocycles. The first-order valence-electron chi connectivity index (χ1n) is 22.5. The molecule has 0 aliphatic carbocycles. The van der Waals surface area contributed by atoms with Crippen LogP contribution in [0, 0.1) is 0 Å². The second-order valence-electron chi connectivity index (χ2n) is 15.7. The van der Waals surface area contributed by atoms with Crippen molar-refractivity contribution in [3.8, 4) is 0 Å². The molecule has 0 spiro atoms. The van der Waals surface area contributed by atoms with Crippen molar-refractivity contribution in [1.82, 2.24) is 5.32 Å². The molecule has 1 aliphatic rings. The third-order valence-corrected chi connectivity index (χ3v) is 10.6. The molecule has 0 aromatic rings.